The van der Waals surface area contributed by atoms with Gasteiger partial charge >= 0.3 is 0 Å². The third-order valence-corrected chi connectivity index (χ3v) is 4.48. The summed E-state index contributed by atoms with van der Waals surface area (Å²) in [4.78, 5) is 32.9. The first-order chi connectivity index (χ1) is 14.9. The van der Waals surface area contributed by atoms with Gasteiger partial charge in [-0.3, -0.25) is 19.9 Å². The first-order valence-electron chi connectivity index (χ1n) is 9.57. The highest BCUT2D eigenvalue weighted by molar-refractivity contribution is 6.30. The van der Waals surface area contributed by atoms with Gasteiger partial charge in [-0.15, -0.1) is 0 Å². The van der Waals surface area contributed by atoms with Gasteiger partial charge in [0.25, 0.3) is 5.91 Å². The Kier molecular flexibility index (Phi) is 7.35. The second kappa shape index (κ2) is 10.4. The molecular formula is C23H22ClN5O2. The lowest BCUT2D eigenvalue weighted by molar-refractivity contribution is -0.114. The number of aromatic nitrogens is 1. The van der Waals surface area contributed by atoms with Gasteiger partial charge < -0.3 is 10.6 Å². The van der Waals surface area contributed by atoms with Crippen molar-refractivity contribution in [3.8, 4) is 0 Å². The highest BCUT2D eigenvalue weighted by atomic mass is 35.5. The molecule has 3 aromatic rings. The third-order valence-electron chi connectivity index (χ3n) is 4.24. The summed E-state index contributed by atoms with van der Waals surface area (Å²) >= 11 is 6.04. The molecule has 158 valence electrons. The van der Waals surface area contributed by atoms with Crippen molar-refractivity contribution >= 4 is 40.7 Å². The average molecular weight is 436 g/mol. The first kappa shape index (κ1) is 22.0. The SMILES string of the molecule is CC(=O)Nc1cccc(C(=O)NC(=NCc2ccccn2)Nc2ccc(Cl)cc2C)c1. The smallest absolute Gasteiger partial charge is 0.258 e. The van der Waals surface area contributed by atoms with Crippen molar-refractivity contribution in [1.82, 2.24) is 10.3 Å². The molecule has 3 N–H and O–H groups in total. The van der Waals surface area contributed by atoms with Gasteiger partial charge in [0.2, 0.25) is 11.9 Å². The van der Waals surface area contributed by atoms with E-state index in [2.05, 4.69) is 25.9 Å². The molecule has 2 aromatic carbocycles. The number of rotatable bonds is 5. The normalized spacial score (nSPS) is 11.0. The fourth-order valence-corrected chi connectivity index (χ4v) is 3.00. The molecule has 31 heavy (non-hydrogen) atoms. The van der Waals surface area contributed by atoms with Crippen molar-refractivity contribution in [2.75, 3.05) is 10.6 Å². The molecule has 0 aliphatic carbocycles. The predicted octanol–water partition coefficient (Wildman–Crippen LogP) is 4.40. The van der Waals surface area contributed by atoms with E-state index in [9.17, 15) is 9.59 Å². The fraction of sp³-hybridized carbons (Fsp3) is 0.130. The molecule has 1 heterocycles. The van der Waals surface area contributed by atoms with Gasteiger partial charge in [-0.05, 0) is 61.0 Å². The van der Waals surface area contributed by atoms with Gasteiger partial charge in [0, 0.05) is 35.1 Å². The van der Waals surface area contributed by atoms with Crippen LogP contribution < -0.4 is 16.0 Å². The number of benzene rings is 2. The number of hydrogen-bond donors (Lipinski definition) is 3. The van der Waals surface area contributed by atoms with Crippen molar-refractivity contribution < 1.29 is 9.59 Å². The minimum Gasteiger partial charge on any atom is -0.326 e. The average Bonchev–Trinajstić information content (AvgIpc) is 2.74. The zero-order valence-corrected chi connectivity index (χ0v) is 17.9. The monoisotopic (exact) mass is 435 g/mol. The Labute approximate surface area is 185 Å². The number of aryl methyl sites for hydroxylation is 1. The summed E-state index contributed by atoms with van der Waals surface area (Å²) in [5, 5.41) is 9.24. The minimum absolute atomic E-state index is 0.213. The molecule has 0 atom stereocenters. The Hall–Kier alpha value is -3.71. The lowest BCUT2D eigenvalue weighted by Gasteiger charge is -2.14. The Morgan fingerprint density at radius 1 is 1.03 bits per heavy atom. The number of halogens is 1. The van der Waals surface area contributed by atoms with E-state index < -0.39 is 0 Å². The van der Waals surface area contributed by atoms with Crippen LogP contribution in [0.25, 0.3) is 0 Å². The summed E-state index contributed by atoms with van der Waals surface area (Å²) in [5.41, 5.74) is 3.34. The van der Waals surface area contributed by atoms with E-state index in [-0.39, 0.29) is 24.3 Å². The molecule has 0 saturated heterocycles. The maximum absolute atomic E-state index is 12.9. The highest BCUT2D eigenvalue weighted by Crippen LogP contribution is 2.19. The Balaban J connectivity index is 1.83. The van der Waals surface area contributed by atoms with Crippen LogP contribution in [-0.2, 0) is 11.3 Å². The van der Waals surface area contributed by atoms with Crippen molar-refractivity contribution in [1.29, 1.82) is 0 Å². The minimum atomic E-state index is -0.369. The predicted molar refractivity (Wildman–Crippen MR) is 123 cm³/mol. The number of nitrogens with zero attached hydrogens (tertiary/aromatic N) is 2. The van der Waals surface area contributed by atoms with Gasteiger partial charge in [0.1, 0.15) is 0 Å². The molecule has 0 spiro atoms. The van der Waals surface area contributed by atoms with Crippen LogP contribution >= 0.6 is 11.6 Å². The van der Waals surface area contributed by atoms with Crippen LogP contribution in [0, 0.1) is 6.92 Å². The van der Waals surface area contributed by atoms with Gasteiger partial charge in [-0.25, -0.2) is 4.99 Å². The topological polar surface area (TPSA) is 95.5 Å². The Bertz CT molecular complexity index is 1120. The molecular weight excluding hydrogens is 414 g/mol. The van der Waals surface area contributed by atoms with Crippen LogP contribution in [0.3, 0.4) is 0 Å². The summed E-state index contributed by atoms with van der Waals surface area (Å²) in [5.74, 6) is -0.313. The molecule has 0 aliphatic heterocycles. The number of nitrogens with one attached hydrogen (secondary N) is 3. The number of amides is 2. The van der Waals surface area contributed by atoms with Crippen molar-refractivity contribution in [3.05, 3.63) is 88.7 Å². The fourth-order valence-electron chi connectivity index (χ4n) is 2.78. The summed E-state index contributed by atoms with van der Waals surface area (Å²) in [7, 11) is 0. The molecule has 0 radical (unpaired) electrons. The molecule has 2 amide bonds. The summed E-state index contributed by atoms with van der Waals surface area (Å²) in [6, 6.07) is 17.6. The van der Waals surface area contributed by atoms with Gasteiger partial charge in [0.05, 0.1) is 12.2 Å². The lowest BCUT2D eigenvalue weighted by atomic mass is 10.2. The molecule has 0 saturated carbocycles. The van der Waals surface area contributed by atoms with E-state index in [0.29, 0.717) is 16.3 Å². The first-order valence-corrected chi connectivity index (χ1v) is 9.95. The maximum Gasteiger partial charge on any atom is 0.258 e. The van der Waals surface area contributed by atoms with E-state index in [0.717, 1.165) is 16.9 Å². The molecule has 0 unspecified atom stereocenters. The molecule has 0 fully saturated rings. The van der Waals surface area contributed by atoms with Crippen LogP contribution in [0.15, 0.2) is 71.9 Å². The van der Waals surface area contributed by atoms with E-state index in [1.807, 2.05) is 37.3 Å². The second-order valence-corrected chi connectivity index (χ2v) is 7.22. The van der Waals surface area contributed by atoms with Crippen molar-refractivity contribution in [2.24, 2.45) is 4.99 Å². The van der Waals surface area contributed by atoms with Gasteiger partial charge in [0.15, 0.2) is 0 Å². The van der Waals surface area contributed by atoms with Crippen LogP contribution in [0.2, 0.25) is 5.02 Å². The molecule has 8 heteroatoms. The molecule has 0 aliphatic rings. The second-order valence-electron chi connectivity index (χ2n) is 6.79. The van der Waals surface area contributed by atoms with E-state index in [1.165, 1.54) is 6.92 Å². The van der Waals surface area contributed by atoms with Gasteiger partial charge in [-0.2, -0.15) is 0 Å². The third kappa shape index (κ3) is 6.65. The number of pyridine rings is 1. The highest BCUT2D eigenvalue weighted by Gasteiger charge is 2.12. The summed E-state index contributed by atoms with van der Waals surface area (Å²) in [6.45, 7) is 3.60. The van der Waals surface area contributed by atoms with Crippen molar-refractivity contribution in [3.63, 3.8) is 0 Å². The number of carbonyl (C=O) groups is 2. The summed E-state index contributed by atoms with van der Waals surface area (Å²) < 4.78 is 0. The number of carbonyl (C=O) groups excluding carboxylic acids is 2. The molecule has 7 nitrogen and oxygen atoms in total. The van der Waals surface area contributed by atoms with Gasteiger partial charge in [-0.1, -0.05) is 23.7 Å². The maximum atomic E-state index is 12.9. The van der Waals surface area contributed by atoms with Crippen molar-refractivity contribution in [2.45, 2.75) is 20.4 Å². The van der Waals surface area contributed by atoms with Crippen LogP contribution in [0.1, 0.15) is 28.5 Å². The Morgan fingerprint density at radius 2 is 1.87 bits per heavy atom. The number of hydrogen-bond acceptors (Lipinski definition) is 4. The molecule has 0 bridgehead atoms. The van der Waals surface area contributed by atoms with Crippen LogP contribution in [-0.4, -0.2) is 22.8 Å². The lowest BCUT2D eigenvalue weighted by Crippen LogP contribution is -2.36. The number of aliphatic imine (C=N–C) groups is 1. The van der Waals surface area contributed by atoms with E-state index >= 15 is 0 Å². The standard InChI is InChI=1S/C23H22ClN5O2/c1-15-12-18(24)9-10-21(15)28-23(26-14-20-7-3-4-11-25-20)29-22(31)17-6-5-8-19(13-17)27-16(2)30/h3-13H,14H2,1-2H3,(H,27,30)(H2,26,28,29,31). The van der Waals surface area contributed by atoms with Crippen LogP contribution in [0.5, 0.6) is 0 Å². The largest absolute Gasteiger partial charge is 0.326 e. The zero-order chi connectivity index (χ0) is 22.2. The van der Waals surface area contributed by atoms with Crippen LogP contribution in [0.4, 0.5) is 11.4 Å². The number of anilines is 2. The van der Waals surface area contributed by atoms with E-state index in [1.54, 1.807) is 36.5 Å². The zero-order valence-electron chi connectivity index (χ0n) is 17.1. The molecule has 3 rings (SSSR count). The number of guanidine groups is 1. The summed E-state index contributed by atoms with van der Waals surface area (Å²) in [6.07, 6.45) is 1.69. The van der Waals surface area contributed by atoms with E-state index in [4.69, 9.17) is 11.6 Å². The Morgan fingerprint density at radius 3 is 2.58 bits per heavy atom. The molecule has 1 aromatic heterocycles. The quantitative estimate of drug-likeness (QED) is 0.409.